The predicted molar refractivity (Wildman–Crippen MR) is 63.7 cm³/mol. The number of aliphatic carboxylic acids is 1. The molecule has 5 nitrogen and oxygen atoms in total. The van der Waals surface area contributed by atoms with Gasteiger partial charge in [-0.05, 0) is 6.42 Å². The van der Waals surface area contributed by atoms with Crippen molar-refractivity contribution in [1.29, 1.82) is 5.41 Å². The lowest BCUT2D eigenvalue weighted by Crippen LogP contribution is -2.16. The summed E-state index contributed by atoms with van der Waals surface area (Å²) >= 11 is 15.4. The third-order valence-corrected chi connectivity index (χ3v) is 2.20. The highest BCUT2D eigenvalue weighted by Crippen LogP contribution is 2.25. The van der Waals surface area contributed by atoms with Gasteiger partial charge >= 0.3 is 5.97 Å². The van der Waals surface area contributed by atoms with Gasteiger partial charge in [-0.2, -0.15) is 0 Å². The first-order valence-electron chi connectivity index (χ1n) is 3.60. The molecular formula is C6H11Cl3N2O3S. The molecule has 0 aliphatic rings. The summed E-state index contributed by atoms with van der Waals surface area (Å²) in [5.41, 5.74) is 4.45. The van der Waals surface area contributed by atoms with E-state index < -0.39 is 15.2 Å². The van der Waals surface area contributed by atoms with Gasteiger partial charge < -0.3 is 15.9 Å². The number of carbonyl (C=O) groups is 1. The molecule has 90 valence electrons. The van der Waals surface area contributed by atoms with Crippen molar-refractivity contribution in [1.82, 2.24) is 0 Å². The summed E-state index contributed by atoms with van der Waals surface area (Å²) in [5.74, 6) is -1.46. The average molecular weight is 298 g/mol. The van der Waals surface area contributed by atoms with Gasteiger partial charge in [0.2, 0.25) is 0 Å². The van der Waals surface area contributed by atoms with E-state index >= 15 is 0 Å². The molecule has 0 saturated heterocycles. The topological polar surface area (TPSA) is 107 Å². The van der Waals surface area contributed by atoms with E-state index in [1.165, 1.54) is 0 Å². The molecule has 15 heavy (non-hydrogen) atoms. The molecule has 1 unspecified atom stereocenters. The van der Waals surface area contributed by atoms with Crippen LogP contribution in [-0.2, 0) is 4.79 Å². The van der Waals surface area contributed by atoms with E-state index in [1.54, 1.807) is 0 Å². The summed E-state index contributed by atoms with van der Waals surface area (Å²) in [6.07, 6.45) is 0.629. The number of aliphatic hydroxyl groups is 1. The molecule has 0 saturated carbocycles. The van der Waals surface area contributed by atoms with Crippen LogP contribution in [0.4, 0.5) is 0 Å². The largest absolute Gasteiger partial charge is 0.478 e. The van der Waals surface area contributed by atoms with Crippen molar-refractivity contribution in [2.45, 2.75) is 22.6 Å². The van der Waals surface area contributed by atoms with E-state index in [0.717, 1.165) is 11.8 Å². The van der Waals surface area contributed by atoms with E-state index in [4.69, 9.17) is 56.2 Å². The Morgan fingerprint density at radius 1 is 1.60 bits per heavy atom. The maximum absolute atomic E-state index is 9.62. The monoisotopic (exact) mass is 296 g/mol. The van der Waals surface area contributed by atoms with Crippen LogP contribution in [-0.4, -0.2) is 30.6 Å². The van der Waals surface area contributed by atoms with Crippen molar-refractivity contribution in [2.75, 3.05) is 0 Å². The molecular weight excluding hydrogens is 287 g/mol. The van der Waals surface area contributed by atoms with Crippen LogP contribution in [0.2, 0.25) is 0 Å². The van der Waals surface area contributed by atoms with Crippen molar-refractivity contribution >= 4 is 57.7 Å². The van der Waals surface area contributed by atoms with E-state index in [9.17, 15) is 4.79 Å². The van der Waals surface area contributed by atoms with Gasteiger partial charge in [-0.25, -0.2) is 4.79 Å². The number of alkyl halides is 3. The van der Waals surface area contributed by atoms with Gasteiger partial charge in [0.25, 0.3) is 3.79 Å². The Balaban J connectivity index is 0. The first kappa shape index (κ1) is 17.5. The summed E-state index contributed by atoms with van der Waals surface area (Å²) in [7, 11) is 0. The summed E-state index contributed by atoms with van der Waals surface area (Å²) in [6.45, 7) is 1.83. The Labute approximate surface area is 106 Å². The maximum atomic E-state index is 9.62. The van der Waals surface area contributed by atoms with E-state index in [1.807, 2.05) is 6.92 Å². The molecule has 0 aromatic carbocycles. The van der Waals surface area contributed by atoms with E-state index in [-0.39, 0.29) is 5.17 Å². The van der Waals surface area contributed by atoms with Crippen molar-refractivity contribution in [3.8, 4) is 0 Å². The molecule has 1 atom stereocenters. The molecule has 0 radical (unpaired) electrons. The first-order valence-corrected chi connectivity index (χ1v) is 5.61. The van der Waals surface area contributed by atoms with Crippen LogP contribution >= 0.6 is 46.6 Å². The minimum Gasteiger partial charge on any atom is -0.478 e. The molecule has 0 fully saturated rings. The molecule has 0 aromatic rings. The van der Waals surface area contributed by atoms with Gasteiger partial charge in [0.15, 0.2) is 5.17 Å². The van der Waals surface area contributed by atoms with Crippen LogP contribution in [0.1, 0.15) is 13.3 Å². The second-order valence-electron chi connectivity index (χ2n) is 2.15. The number of hydrogen-bond acceptors (Lipinski definition) is 4. The molecule has 9 heteroatoms. The molecule has 0 bridgehead atoms. The Bertz CT molecular complexity index is 222. The fourth-order valence-corrected chi connectivity index (χ4v) is 0.690. The highest BCUT2D eigenvalue weighted by atomic mass is 35.6. The molecule has 0 amide bonds. The number of nitrogens with one attached hydrogen (secondary N) is 1. The zero-order valence-corrected chi connectivity index (χ0v) is 10.8. The minimum atomic E-state index is -2.17. The summed E-state index contributed by atoms with van der Waals surface area (Å²) in [5, 5.41) is 23.3. The van der Waals surface area contributed by atoms with Gasteiger partial charge in [0.05, 0.1) is 0 Å². The van der Waals surface area contributed by atoms with Crippen LogP contribution in [0.25, 0.3) is 0 Å². The third kappa shape index (κ3) is 14.1. The van der Waals surface area contributed by atoms with Crippen LogP contribution in [0, 0.1) is 5.41 Å². The molecule has 0 aliphatic carbocycles. The number of rotatable bonds is 2. The standard InChI is InChI=1S/C4H10N2OS.C2HCl3O2/c1-2-3(7)8-4(5)6;3-2(4,5)1(6)7/h3,7H,2H2,1H3,(H3,5,6);(H,6,7). The number of aliphatic hydroxyl groups excluding tert-OH is 1. The number of amidine groups is 1. The Morgan fingerprint density at radius 2 is 1.93 bits per heavy atom. The van der Waals surface area contributed by atoms with Crippen molar-refractivity contribution in [2.24, 2.45) is 5.73 Å². The Morgan fingerprint density at radius 3 is 2.00 bits per heavy atom. The molecule has 0 rings (SSSR count). The number of thioether (sulfide) groups is 1. The van der Waals surface area contributed by atoms with Crippen LogP contribution < -0.4 is 5.73 Å². The fourth-order valence-electron chi connectivity index (χ4n) is 0.230. The van der Waals surface area contributed by atoms with Gasteiger partial charge in [-0.15, -0.1) is 0 Å². The molecule has 0 aromatic heterocycles. The van der Waals surface area contributed by atoms with Crippen molar-refractivity contribution in [3.05, 3.63) is 0 Å². The zero-order chi connectivity index (χ0) is 12.6. The van der Waals surface area contributed by atoms with Gasteiger partial charge in [0, 0.05) is 0 Å². The number of carboxylic acid groups (broad SMARTS) is 1. The predicted octanol–water partition coefficient (Wildman–Crippen LogP) is 1.78. The average Bonchev–Trinajstić information content (AvgIpc) is 2.02. The van der Waals surface area contributed by atoms with Gasteiger partial charge in [-0.3, -0.25) is 5.41 Å². The zero-order valence-electron chi connectivity index (χ0n) is 7.71. The lowest BCUT2D eigenvalue weighted by Gasteiger charge is -2.02. The van der Waals surface area contributed by atoms with Gasteiger partial charge in [0.1, 0.15) is 5.44 Å². The summed E-state index contributed by atoms with van der Waals surface area (Å²) < 4.78 is -2.17. The number of halogens is 3. The normalized spacial score (nSPS) is 12.3. The fraction of sp³-hybridized carbons (Fsp3) is 0.667. The number of nitrogens with two attached hydrogens (primary N) is 1. The molecule has 0 heterocycles. The second kappa shape index (κ2) is 8.29. The number of hydrogen-bond donors (Lipinski definition) is 4. The van der Waals surface area contributed by atoms with Crippen LogP contribution in [0.15, 0.2) is 0 Å². The Hall–Kier alpha value is 0.120. The summed E-state index contributed by atoms with van der Waals surface area (Å²) in [6, 6.07) is 0. The quantitative estimate of drug-likeness (QED) is 0.269. The molecule has 0 spiro atoms. The third-order valence-electron chi connectivity index (χ3n) is 0.855. The second-order valence-corrected chi connectivity index (χ2v) is 5.65. The van der Waals surface area contributed by atoms with E-state index in [0.29, 0.717) is 6.42 Å². The van der Waals surface area contributed by atoms with Crippen molar-refractivity contribution < 1.29 is 15.0 Å². The lowest BCUT2D eigenvalue weighted by atomic mass is 10.5. The van der Waals surface area contributed by atoms with Crippen molar-refractivity contribution in [3.63, 3.8) is 0 Å². The van der Waals surface area contributed by atoms with Crippen LogP contribution in [0.5, 0.6) is 0 Å². The smallest absolute Gasteiger partial charge is 0.356 e. The lowest BCUT2D eigenvalue weighted by molar-refractivity contribution is -0.135. The van der Waals surface area contributed by atoms with E-state index in [2.05, 4.69) is 0 Å². The number of carboxylic acids is 1. The maximum Gasteiger partial charge on any atom is 0.356 e. The van der Waals surface area contributed by atoms with Gasteiger partial charge in [-0.1, -0.05) is 53.5 Å². The minimum absolute atomic E-state index is 0.0284. The molecule has 5 N–H and O–H groups in total. The SMILES string of the molecule is CCC(O)SC(=N)N.O=C(O)C(Cl)(Cl)Cl. The molecule has 0 aliphatic heterocycles. The first-order chi connectivity index (χ1) is 6.61. The highest BCUT2D eigenvalue weighted by molar-refractivity contribution is 8.14. The summed E-state index contributed by atoms with van der Waals surface area (Å²) in [4.78, 5) is 9.62. The highest BCUT2D eigenvalue weighted by Gasteiger charge is 2.29. The Kier molecular flexibility index (Phi) is 9.68. The van der Waals surface area contributed by atoms with Crippen LogP contribution in [0.3, 0.4) is 0 Å².